The monoisotopic (exact) mass is 607 g/mol. The van der Waals surface area contributed by atoms with Crippen molar-refractivity contribution in [2.24, 2.45) is 0 Å². The van der Waals surface area contributed by atoms with Gasteiger partial charge in [-0.2, -0.15) is 0 Å². The van der Waals surface area contributed by atoms with Crippen molar-refractivity contribution in [1.29, 1.82) is 0 Å². The van der Waals surface area contributed by atoms with Gasteiger partial charge in [-0.05, 0) is 12.8 Å². The number of rotatable bonds is 2. The van der Waals surface area contributed by atoms with Crippen LogP contribution >= 0.6 is 0 Å². The zero-order valence-electron chi connectivity index (χ0n) is 18.2. The molecule has 0 unspecified atom stereocenters. The number of nitrogens with zero attached hydrogens (tertiary/aromatic N) is 4. The molecule has 0 saturated heterocycles. The Bertz CT molecular complexity index is 1280. The Balaban J connectivity index is 1.42. The summed E-state index contributed by atoms with van der Waals surface area (Å²) in [6.07, 6.45) is 23.7. The fraction of sp³-hybridized carbons (Fsp3) is 0.231. The van der Waals surface area contributed by atoms with Crippen LogP contribution in [0.15, 0.2) is 79.7 Å². The van der Waals surface area contributed by atoms with E-state index in [4.69, 9.17) is 0 Å². The minimum absolute atomic E-state index is 0.110. The van der Waals surface area contributed by atoms with E-state index in [1.165, 1.54) is 32.2 Å². The molecule has 1 aliphatic heterocycles. The fourth-order valence-corrected chi connectivity index (χ4v) is 4.81. The van der Waals surface area contributed by atoms with Crippen LogP contribution in [0.2, 0.25) is 0 Å². The van der Waals surface area contributed by atoms with Crippen molar-refractivity contribution >= 4 is 9.81 Å². The summed E-state index contributed by atoms with van der Waals surface area (Å²) in [5.74, 6) is 1.49. The van der Waals surface area contributed by atoms with Gasteiger partial charge in [0.25, 0.3) is 0 Å². The van der Waals surface area contributed by atoms with E-state index in [1.54, 1.807) is 6.20 Å². The summed E-state index contributed by atoms with van der Waals surface area (Å²) in [4.78, 5) is 22.1. The summed E-state index contributed by atoms with van der Waals surface area (Å²) >= 11 is 1.36. The quantitative estimate of drug-likeness (QED) is 0.448. The van der Waals surface area contributed by atoms with Gasteiger partial charge in [0, 0.05) is 5.92 Å². The van der Waals surface area contributed by atoms with Crippen molar-refractivity contribution in [3.8, 4) is 5.69 Å². The molecule has 7 heteroatoms. The average molecular weight is 607 g/mol. The summed E-state index contributed by atoms with van der Waals surface area (Å²) in [6, 6.07) is 6.07. The number of aryl methyl sites for hydroxylation is 1. The summed E-state index contributed by atoms with van der Waals surface area (Å²) in [5, 5.41) is 2.92. The third-order valence-corrected chi connectivity index (χ3v) is 7.03. The molecule has 2 aliphatic rings. The van der Waals surface area contributed by atoms with Crippen molar-refractivity contribution in [2.45, 2.75) is 38.1 Å². The SMILES string of the molecule is O=C1NC=CC=C[C](=[W])c2nccn2CCC=CCc2ccc(-n3cnc(C4CC4)c3)cc21. The summed E-state index contributed by atoms with van der Waals surface area (Å²) in [7, 11) is 0. The second kappa shape index (κ2) is 9.80. The molecule has 6 nitrogen and oxygen atoms in total. The Hall–Kier alpha value is -3.11. The second-order valence-electron chi connectivity index (χ2n) is 8.29. The molecule has 3 heterocycles. The first-order valence-corrected chi connectivity index (χ1v) is 12.7. The number of carbonyl (C=O) groups is 1. The first kappa shape index (κ1) is 21.7. The molecule has 1 fully saturated rings. The number of hydrogen-bond acceptors (Lipinski definition) is 3. The van der Waals surface area contributed by atoms with E-state index >= 15 is 0 Å². The van der Waals surface area contributed by atoms with E-state index in [1.807, 2.05) is 53.6 Å². The Labute approximate surface area is 204 Å². The molecular weight excluding hydrogens is 582 g/mol. The van der Waals surface area contributed by atoms with E-state index in [2.05, 4.69) is 44.3 Å². The molecule has 1 amide bonds. The van der Waals surface area contributed by atoms with Gasteiger partial charge in [-0.15, -0.1) is 0 Å². The van der Waals surface area contributed by atoms with Gasteiger partial charge in [0.1, 0.15) is 0 Å². The molecular formula is C26H25N5OW. The topological polar surface area (TPSA) is 64.7 Å². The Morgan fingerprint density at radius 3 is 2.91 bits per heavy atom. The van der Waals surface area contributed by atoms with Crippen LogP contribution in [0.25, 0.3) is 5.69 Å². The number of aromatic nitrogens is 4. The van der Waals surface area contributed by atoms with E-state index in [0.717, 1.165) is 39.6 Å². The molecule has 3 aromatic rings. The second-order valence-corrected chi connectivity index (χ2v) is 9.87. The van der Waals surface area contributed by atoms with E-state index < -0.39 is 0 Å². The number of imidazole rings is 2. The van der Waals surface area contributed by atoms with Crippen LogP contribution in [-0.2, 0) is 32.3 Å². The third kappa shape index (κ3) is 5.12. The van der Waals surface area contributed by atoms with Crippen LogP contribution in [0.4, 0.5) is 0 Å². The molecule has 0 atom stereocenters. The Morgan fingerprint density at radius 1 is 1.12 bits per heavy atom. The van der Waals surface area contributed by atoms with Crippen molar-refractivity contribution in [3.05, 3.63) is 102 Å². The van der Waals surface area contributed by atoms with Crippen LogP contribution < -0.4 is 5.32 Å². The molecule has 1 aliphatic carbocycles. The molecule has 166 valence electrons. The standard InChI is InChI=1S/C26H25N5O.W/c32-26-23-17-22(31-18-24(29-19-31)21-9-10-21)12-11-20(23)7-3-2-6-15-30-16-14-27-25(30)8-4-1-5-13-28-26;/h1-5,11-14,16-19,21H,6-7,9-10,15H2,(H,28,32);. The van der Waals surface area contributed by atoms with Crippen molar-refractivity contribution < 1.29 is 24.1 Å². The maximum atomic E-state index is 13.0. The first-order chi connectivity index (χ1) is 16.2. The van der Waals surface area contributed by atoms with Gasteiger partial charge in [-0.3, -0.25) is 0 Å². The zero-order valence-corrected chi connectivity index (χ0v) is 21.2. The number of allylic oxidation sites excluding steroid dienone is 5. The normalized spacial score (nSPS) is 17.0. The molecule has 5 rings (SSSR count). The van der Waals surface area contributed by atoms with Crippen LogP contribution in [0.5, 0.6) is 0 Å². The van der Waals surface area contributed by atoms with Crippen molar-refractivity contribution in [2.75, 3.05) is 0 Å². The molecule has 1 saturated carbocycles. The third-order valence-electron chi connectivity index (χ3n) is 5.88. The van der Waals surface area contributed by atoms with Crippen LogP contribution in [0.1, 0.15) is 52.6 Å². The number of hydrogen-bond donors (Lipinski definition) is 1. The number of benzene rings is 1. The number of nitrogens with one attached hydrogen (secondary N) is 1. The average Bonchev–Trinajstić information content (AvgIpc) is 3.36. The van der Waals surface area contributed by atoms with Gasteiger partial charge < -0.3 is 0 Å². The minimum atomic E-state index is -0.110. The van der Waals surface area contributed by atoms with Gasteiger partial charge >= 0.3 is 175 Å². The molecule has 1 aromatic carbocycles. The maximum absolute atomic E-state index is 13.0. The Kier molecular flexibility index (Phi) is 6.45. The summed E-state index contributed by atoms with van der Waals surface area (Å²) < 4.78 is 5.36. The van der Waals surface area contributed by atoms with Crippen molar-refractivity contribution in [1.82, 2.24) is 24.4 Å². The molecule has 0 radical (unpaired) electrons. The van der Waals surface area contributed by atoms with Crippen molar-refractivity contribution in [3.63, 3.8) is 0 Å². The molecule has 2 aromatic heterocycles. The predicted molar refractivity (Wildman–Crippen MR) is 125 cm³/mol. The molecule has 0 spiro atoms. The summed E-state index contributed by atoms with van der Waals surface area (Å²) in [5.41, 5.74) is 3.77. The first-order valence-electron chi connectivity index (χ1n) is 11.2. The molecule has 0 bridgehead atoms. The van der Waals surface area contributed by atoms with Gasteiger partial charge in [-0.1, -0.05) is 0 Å². The van der Waals surface area contributed by atoms with E-state index in [-0.39, 0.29) is 5.91 Å². The van der Waals surface area contributed by atoms with E-state index in [0.29, 0.717) is 17.9 Å². The van der Waals surface area contributed by atoms with Gasteiger partial charge in [-0.25, -0.2) is 4.98 Å². The molecule has 33 heavy (non-hydrogen) atoms. The number of amides is 1. The van der Waals surface area contributed by atoms with Gasteiger partial charge in [0.15, 0.2) is 0 Å². The van der Waals surface area contributed by atoms with Gasteiger partial charge in [0.05, 0.1) is 5.69 Å². The zero-order chi connectivity index (χ0) is 22.6. The van der Waals surface area contributed by atoms with Crippen LogP contribution in [-0.4, -0.2) is 28.9 Å². The van der Waals surface area contributed by atoms with E-state index in [9.17, 15) is 4.79 Å². The van der Waals surface area contributed by atoms with Crippen LogP contribution in [0.3, 0.4) is 0 Å². The molecule has 1 N–H and O–H groups in total. The summed E-state index contributed by atoms with van der Waals surface area (Å²) in [6.45, 7) is 0.878. The number of carbonyl (C=O) groups excluding carboxylic acids is 1. The predicted octanol–water partition coefficient (Wildman–Crippen LogP) is 4.02. The number of fused-ring (bicyclic) bond motifs is 2. The Morgan fingerprint density at radius 2 is 2.03 bits per heavy atom. The van der Waals surface area contributed by atoms with Gasteiger partial charge in [0.2, 0.25) is 0 Å². The fourth-order valence-electron chi connectivity index (χ4n) is 3.91. The van der Waals surface area contributed by atoms with Crippen LogP contribution in [0, 0.1) is 0 Å².